The molecule has 0 aliphatic heterocycles. The topological polar surface area (TPSA) is 46.2 Å². The van der Waals surface area contributed by atoms with Crippen LogP contribution in [0.25, 0.3) is 0 Å². The SMILES string of the molecule is CC1(CNc2ccc(S(C)(=O)=O)cc2)CCCc2ccccc21. The third-order valence-electron chi connectivity index (χ3n) is 4.81. The van der Waals surface area contributed by atoms with E-state index in [1.165, 1.54) is 30.2 Å². The van der Waals surface area contributed by atoms with Gasteiger partial charge in [0.05, 0.1) is 4.90 Å². The number of hydrogen-bond acceptors (Lipinski definition) is 3. The first-order chi connectivity index (χ1) is 10.9. The van der Waals surface area contributed by atoms with Crippen LogP contribution >= 0.6 is 0 Å². The van der Waals surface area contributed by atoms with Gasteiger partial charge in [-0.25, -0.2) is 8.42 Å². The summed E-state index contributed by atoms with van der Waals surface area (Å²) < 4.78 is 23.0. The molecule has 23 heavy (non-hydrogen) atoms. The first-order valence-corrected chi connectivity index (χ1v) is 9.90. The van der Waals surface area contributed by atoms with E-state index in [0.29, 0.717) is 4.90 Å². The third-order valence-corrected chi connectivity index (χ3v) is 5.94. The van der Waals surface area contributed by atoms with Crippen molar-refractivity contribution in [2.24, 2.45) is 0 Å². The van der Waals surface area contributed by atoms with Crippen LogP contribution in [-0.4, -0.2) is 21.2 Å². The second kappa shape index (κ2) is 6.00. The number of nitrogens with one attached hydrogen (secondary N) is 1. The van der Waals surface area contributed by atoms with E-state index < -0.39 is 9.84 Å². The van der Waals surface area contributed by atoms with E-state index in [-0.39, 0.29) is 5.41 Å². The first-order valence-electron chi connectivity index (χ1n) is 8.01. The Balaban J connectivity index is 1.76. The largest absolute Gasteiger partial charge is 0.384 e. The standard InChI is InChI=1S/C19H23NO2S/c1-19(13-5-7-15-6-3-4-8-18(15)19)14-20-16-9-11-17(12-10-16)23(2,21)22/h3-4,6,8-12,20H,5,7,13-14H2,1-2H3. The molecule has 3 nitrogen and oxygen atoms in total. The van der Waals surface area contributed by atoms with E-state index in [2.05, 4.69) is 36.5 Å². The van der Waals surface area contributed by atoms with Crippen LogP contribution in [0.3, 0.4) is 0 Å². The average Bonchev–Trinajstić information content (AvgIpc) is 2.53. The number of anilines is 1. The highest BCUT2D eigenvalue weighted by atomic mass is 32.2. The van der Waals surface area contributed by atoms with Gasteiger partial charge in [-0.05, 0) is 54.7 Å². The van der Waals surface area contributed by atoms with Gasteiger partial charge in [0.15, 0.2) is 9.84 Å². The minimum absolute atomic E-state index is 0.115. The van der Waals surface area contributed by atoms with E-state index in [9.17, 15) is 8.42 Å². The summed E-state index contributed by atoms with van der Waals surface area (Å²) in [4.78, 5) is 0.359. The van der Waals surface area contributed by atoms with Crippen molar-refractivity contribution in [1.82, 2.24) is 0 Å². The minimum atomic E-state index is -3.13. The fraction of sp³-hybridized carbons (Fsp3) is 0.368. The molecule has 1 unspecified atom stereocenters. The Kier molecular flexibility index (Phi) is 4.19. The van der Waals surface area contributed by atoms with Crippen molar-refractivity contribution in [3.63, 3.8) is 0 Å². The van der Waals surface area contributed by atoms with Crippen LogP contribution in [0, 0.1) is 0 Å². The molecule has 0 amide bonds. The molecule has 0 fully saturated rings. The van der Waals surface area contributed by atoms with E-state index >= 15 is 0 Å². The van der Waals surface area contributed by atoms with Gasteiger partial charge in [-0.1, -0.05) is 31.2 Å². The summed E-state index contributed by atoms with van der Waals surface area (Å²) in [5.74, 6) is 0. The molecule has 0 heterocycles. The van der Waals surface area contributed by atoms with Crippen LogP contribution in [-0.2, 0) is 21.7 Å². The van der Waals surface area contributed by atoms with Crippen molar-refractivity contribution < 1.29 is 8.42 Å². The molecule has 122 valence electrons. The fourth-order valence-corrected chi connectivity index (χ4v) is 4.06. The number of aryl methyl sites for hydroxylation is 1. The fourth-order valence-electron chi connectivity index (χ4n) is 3.43. The molecule has 1 aliphatic rings. The predicted molar refractivity (Wildman–Crippen MR) is 94.8 cm³/mol. The van der Waals surface area contributed by atoms with Crippen molar-refractivity contribution in [2.45, 2.75) is 36.5 Å². The zero-order valence-corrected chi connectivity index (χ0v) is 14.5. The molecule has 0 radical (unpaired) electrons. The lowest BCUT2D eigenvalue weighted by Gasteiger charge is -2.36. The summed E-state index contributed by atoms with van der Waals surface area (Å²) in [5, 5.41) is 3.48. The summed E-state index contributed by atoms with van der Waals surface area (Å²) in [6.45, 7) is 3.16. The van der Waals surface area contributed by atoms with Gasteiger partial charge in [-0.15, -0.1) is 0 Å². The maximum atomic E-state index is 11.5. The van der Waals surface area contributed by atoms with E-state index in [1.54, 1.807) is 12.1 Å². The summed E-state index contributed by atoms with van der Waals surface area (Å²) in [6, 6.07) is 15.7. The number of sulfone groups is 1. The van der Waals surface area contributed by atoms with E-state index in [4.69, 9.17) is 0 Å². The molecule has 0 bridgehead atoms. The van der Waals surface area contributed by atoms with Gasteiger partial charge < -0.3 is 5.32 Å². The smallest absolute Gasteiger partial charge is 0.175 e. The molecule has 2 aromatic rings. The lowest BCUT2D eigenvalue weighted by molar-refractivity contribution is 0.414. The minimum Gasteiger partial charge on any atom is -0.384 e. The van der Waals surface area contributed by atoms with Crippen LogP contribution in [0.15, 0.2) is 53.4 Å². The van der Waals surface area contributed by atoms with Crippen LogP contribution in [0.5, 0.6) is 0 Å². The van der Waals surface area contributed by atoms with Crippen LogP contribution in [0.2, 0.25) is 0 Å². The number of hydrogen-bond donors (Lipinski definition) is 1. The molecular weight excluding hydrogens is 306 g/mol. The predicted octanol–water partition coefficient (Wildman–Crippen LogP) is 3.80. The third kappa shape index (κ3) is 3.42. The summed E-state index contributed by atoms with van der Waals surface area (Å²) >= 11 is 0. The maximum Gasteiger partial charge on any atom is 0.175 e. The molecule has 0 saturated heterocycles. The lowest BCUT2D eigenvalue weighted by atomic mass is 9.71. The van der Waals surface area contributed by atoms with Gasteiger partial charge in [-0.2, -0.15) is 0 Å². The highest BCUT2D eigenvalue weighted by Crippen LogP contribution is 2.37. The Hall–Kier alpha value is -1.81. The van der Waals surface area contributed by atoms with Gasteiger partial charge in [0, 0.05) is 23.9 Å². The zero-order chi connectivity index (χ0) is 16.5. The van der Waals surface area contributed by atoms with Crippen molar-refractivity contribution in [1.29, 1.82) is 0 Å². The lowest BCUT2D eigenvalue weighted by Crippen LogP contribution is -2.34. The Morgan fingerprint density at radius 2 is 1.78 bits per heavy atom. The maximum absolute atomic E-state index is 11.5. The quantitative estimate of drug-likeness (QED) is 0.928. The molecule has 0 aromatic heterocycles. The summed E-state index contributed by atoms with van der Waals surface area (Å²) in [7, 11) is -3.13. The van der Waals surface area contributed by atoms with Gasteiger partial charge >= 0.3 is 0 Å². The molecular formula is C19H23NO2S. The van der Waals surface area contributed by atoms with Gasteiger partial charge in [0.1, 0.15) is 0 Å². The normalized spacial score (nSPS) is 20.8. The highest BCUT2D eigenvalue weighted by molar-refractivity contribution is 7.90. The van der Waals surface area contributed by atoms with Crippen LogP contribution in [0.1, 0.15) is 30.9 Å². The molecule has 1 N–H and O–H groups in total. The molecule has 1 aliphatic carbocycles. The molecule has 0 saturated carbocycles. The van der Waals surface area contributed by atoms with Crippen molar-refractivity contribution in [3.05, 3.63) is 59.7 Å². The van der Waals surface area contributed by atoms with Gasteiger partial charge in [-0.3, -0.25) is 0 Å². The molecule has 1 atom stereocenters. The molecule has 3 rings (SSSR count). The second-order valence-electron chi connectivity index (χ2n) is 6.72. The molecule has 4 heteroatoms. The monoisotopic (exact) mass is 329 g/mol. The Bertz CT molecular complexity index is 796. The van der Waals surface area contributed by atoms with E-state index in [0.717, 1.165) is 18.7 Å². The van der Waals surface area contributed by atoms with E-state index in [1.807, 2.05) is 12.1 Å². The first kappa shape index (κ1) is 16.1. The highest BCUT2D eigenvalue weighted by Gasteiger charge is 2.31. The van der Waals surface area contributed by atoms with Gasteiger partial charge in [0.25, 0.3) is 0 Å². The summed E-state index contributed by atoms with van der Waals surface area (Å²) in [5.41, 5.74) is 3.97. The van der Waals surface area contributed by atoms with Crippen molar-refractivity contribution >= 4 is 15.5 Å². The number of benzene rings is 2. The number of fused-ring (bicyclic) bond motifs is 1. The zero-order valence-electron chi connectivity index (χ0n) is 13.7. The average molecular weight is 329 g/mol. The van der Waals surface area contributed by atoms with Crippen LogP contribution < -0.4 is 5.32 Å². The van der Waals surface area contributed by atoms with Crippen LogP contribution in [0.4, 0.5) is 5.69 Å². The second-order valence-corrected chi connectivity index (χ2v) is 8.74. The Morgan fingerprint density at radius 3 is 2.48 bits per heavy atom. The number of rotatable bonds is 4. The molecule has 0 spiro atoms. The van der Waals surface area contributed by atoms with Crippen molar-refractivity contribution in [2.75, 3.05) is 18.1 Å². The Morgan fingerprint density at radius 1 is 1.09 bits per heavy atom. The Labute approximate surface area is 138 Å². The van der Waals surface area contributed by atoms with Gasteiger partial charge in [0.2, 0.25) is 0 Å². The summed E-state index contributed by atoms with van der Waals surface area (Å²) in [6.07, 6.45) is 4.77. The van der Waals surface area contributed by atoms with Crippen molar-refractivity contribution in [3.8, 4) is 0 Å². The molecule has 2 aromatic carbocycles.